The van der Waals surface area contributed by atoms with Gasteiger partial charge in [-0.15, -0.1) is 0 Å². The van der Waals surface area contributed by atoms with Crippen molar-refractivity contribution in [1.29, 1.82) is 0 Å². The van der Waals surface area contributed by atoms with Gasteiger partial charge in [-0.25, -0.2) is 18.0 Å². The second-order valence-electron chi connectivity index (χ2n) is 9.00. The Labute approximate surface area is 229 Å². The van der Waals surface area contributed by atoms with E-state index in [0.29, 0.717) is 0 Å². The lowest BCUT2D eigenvalue weighted by Gasteiger charge is -2.37. The number of piperazine rings is 1. The molecule has 1 aliphatic rings. The van der Waals surface area contributed by atoms with Crippen LogP contribution >= 0.6 is 0 Å². The molecule has 0 bridgehead atoms. The number of nitrogens with one attached hydrogen (secondary N) is 1. The molecule has 0 amide bonds. The number of alkyl halides is 3. The zero-order valence-corrected chi connectivity index (χ0v) is 22.5. The third-order valence-corrected chi connectivity index (χ3v) is 7.64. The van der Waals surface area contributed by atoms with Gasteiger partial charge in [-0.05, 0) is 67.4 Å². The quantitative estimate of drug-likeness (QED) is 0.382. The number of benzene rings is 3. The summed E-state index contributed by atoms with van der Waals surface area (Å²) in [4.78, 5) is 25.4. The van der Waals surface area contributed by atoms with Crippen LogP contribution in [0, 0.1) is 13.8 Å². The third kappa shape index (κ3) is 7.65. The van der Waals surface area contributed by atoms with E-state index in [1.165, 1.54) is 17.8 Å². The highest BCUT2D eigenvalue weighted by molar-refractivity contribution is 7.92. The van der Waals surface area contributed by atoms with Crippen molar-refractivity contribution in [1.82, 2.24) is 0 Å². The standard InChI is InChI=1S/C25H27N3O4S.C2HF3O2/c1-18-8-10-22(16-19(18)2)33(31,32)26-24-11-9-21(17-23(24)25(29)30)28-14-12-27(13-15-28)20-6-4-3-5-7-20;3-2(4,5)1(6)7/h3-11,16-17,26H,12-15H2,1-2H3,(H,29,30);(H,6,7). The molecule has 214 valence electrons. The minimum Gasteiger partial charge on any atom is -0.478 e. The van der Waals surface area contributed by atoms with Crippen LogP contribution in [0.3, 0.4) is 0 Å². The number of hydrogen-bond donors (Lipinski definition) is 3. The predicted octanol–water partition coefficient (Wildman–Crippen LogP) is 4.76. The number of aliphatic carboxylic acids is 1. The van der Waals surface area contributed by atoms with Gasteiger partial charge >= 0.3 is 18.1 Å². The van der Waals surface area contributed by atoms with Gasteiger partial charge in [0.15, 0.2) is 0 Å². The van der Waals surface area contributed by atoms with Crippen LogP contribution in [0.25, 0.3) is 0 Å². The topological polar surface area (TPSA) is 127 Å². The number of aryl methyl sites for hydroxylation is 2. The number of para-hydroxylation sites is 1. The molecule has 0 unspecified atom stereocenters. The summed E-state index contributed by atoms with van der Waals surface area (Å²) in [6.45, 7) is 6.84. The van der Waals surface area contributed by atoms with E-state index in [0.717, 1.165) is 43.0 Å². The summed E-state index contributed by atoms with van der Waals surface area (Å²) in [5.41, 5.74) is 3.73. The normalized spacial score (nSPS) is 13.7. The average Bonchev–Trinajstić information content (AvgIpc) is 2.90. The van der Waals surface area contributed by atoms with E-state index >= 15 is 0 Å². The van der Waals surface area contributed by atoms with Crippen molar-refractivity contribution in [3.05, 3.63) is 83.4 Å². The Balaban J connectivity index is 0.000000559. The molecule has 3 N–H and O–H groups in total. The van der Waals surface area contributed by atoms with Crippen LogP contribution in [0.2, 0.25) is 0 Å². The molecule has 1 aliphatic heterocycles. The maximum absolute atomic E-state index is 12.9. The minimum atomic E-state index is -5.08. The third-order valence-electron chi connectivity index (χ3n) is 6.28. The molecule has 3 aromatic carbocycles. The summed E-state index contributed by atoms with van der Waals surface area (Å²) < 4.78 is 59.9. The summed E-state index contributed by atoms with van der Waals surface area (Å²) in [6.07, 6.45) is -5.08. The van der Waals surface area contributed by atoms with Gasteiger partial charge in [0.25, 0.3) is 10.0 Å². The van der Waals surface area contributed by atoms with Crippen molar-refractivity contribution < 1.29 is 41.4 Å². The van der Waals surface area contributed by atoms with Gasteiger partial charge in [0.05, 0.1) is 16.1 Å². The minimum absolute atomic E-state index is 0.0485. The molecule has 13 heteroatoms. The highest BCUT2D eigenvalue weighted by Crippen LogP contribution is 2.28. The monoisotopic (exact) mass is 579 g/mol. The van der Waals surface area contributed by atoms with Crippen molar-refractivity contribution in [2.45, 2.75) is 24.9 Å². The maximum Gasteiger partial charge on any atom is 0.490 e. The van der Waals surface area contributed by atoms with Gasteiger partial charge < -0.3 is 20.0 Å². The Morgan fingerprint density at radius 3 is 1.85 bits per heavy atom. The lowest BCUT2D eigenvalue weighted by molar-refractivity contribution is -0.192. The lowest BCUT2D eigenvalue weighted by atomic mass is 10.1. The van der Waals surface area contributed by atoms with Crippen molar-refractivity contribution in [2.75, 3.05) is 40.7 Å². The number of carboxylic acid groups (broad SMARTS) is 2. The van der Waals surface area contributed by atoms with Crippen LogP contribution in [0.4, 0.5) is 30.2 Å². The Morgan fingerprint density at radius 2 is 1.35 bits per heavy atom. The SMILES string of the molecule is Cc1ccc(S(=O)(=O)Nc2ccc(N3CCN(c4ccccc4)CC3)cc2C(=O)O)cc1C.O=C(O)C(F)(F)F. The Kier molecular flexibility index (Phi) is 9.30. The summed E-state index contributed by atoms with van der Waals surface area (Å²) in [7, 11) is -3.92. The number of carboxylic acids is 2. The van der Waals surface area contributed by atoms with Gasteiger partial charge in [0, 0.05) is 37.6 Å². The number of anilines is 3. The number of nitrogens with zero attached hydrogens (tertiary/aromatic N) is 2. The second kappa shape index (κ2) is 12.3. The molecular weight excluding hydrogens is 551 g/mol. The van der Waals surface area contributed by atoms with Crippen molar-refractivity contribution in [2.24, 2.45) is 0 Å². The molecule has 0 atom stereocenters. The van der Waals surface area contributed by atoms with Crippen LogP contribution in [0.5, 0.6) is 0 Å². The highest BCUT2D eigenvalue weighted by Gasteiger charge is 2.38. The fraction of sp³-hybridized carbons (Fsp3) is 0.259. The lowest BCUT2D eigenvalue weighted by Crippen LogP contribution is -2.46. The molecule has 9 nitrogen and oxygen atoms in total. The van der Waals surface area contributed by atoms with E-state index in [2.05, 4.69) is 26.7 Å². The fourth-order valence-corrected chi connectivity index (χ4v) is 5.11. The highest BCUT2D eigenvalue weighted by atomic mass is 32.2. The molecule has 3 aromatic rings. The van der Waals surface area contributed by atoms with Crippen LogP contribution < -0.4 is 14.5 Å². The summed E-state index contributed by atoms with van der Waals surface area (Å²) >= 11 is 0. The van der Waals surface area contributed by atoms with Gasteiger partial charge in [-0.1, -0.05) is 24.3 Å². The molecule has 1 fully saturated rings. The van der Waals surface area contributed by atoms with E-state index < -0.39 is 28.1 Å². The van der Waals surface area contributed by atoms with E-state index in [9.17, 15) is 31.5 Å². The van der Waals surface area contributed by atoms with Crippen molar-refractivity contribution in [3.63, 3.8) is 0 Å². The van der Waals surface area contributed by atoms with E-state index in [-0.39, 0.29) is 16.1 Å². The van der Waals surface area contributed by atoms with E-state index in [1.807, 2.05) is 32.0 Å². The molecule has 1 saturated heterocycles. The zero-order chi connectivity index (χ0) is 29.7. The Hall–Kier alpha value is -4.26. The number of halogens is 3. The van der Waals surface area contributed by atoms with Gasteiger partial charge in [0.2, 0.25) is 0 Å². The summed E-state index contributed by atoms with van der Waals surface area (Å²) in [5, 5.41) is 16.9. The second-order valence-corrected chi connectivity index (χ2v) is 10.7. The molecule has 0 saturated carbocycles. The largest absolute Gasteiger partial charge is 0.490 e. The fourth-order valence-electron chi connectivity index (χ4n) is 3.94. The van der Waals surface area contributed by atoms with Gasteiger partial charge in [-0.2, -0.15) is 13.2 Å². The zero-order valence-electron chi connectivity index (χ0n) is 21.6. The molecular formula is C27H28F3N3O6S. The number of hydrogen-bond acceptors (Lipinski definition) is 6. The Bertz CT molecular complexity index is 1470. The molecule has 4 rings (SSSR count). The number of aromatic carboxylic acids is 1. The number of sulfonamides is 1. The summed E-state index contributed by atoms with van der Waals surface area (Å²) in [5.74, 6) is -3.94. The van der Waals surface area contributed by atoms with E-state index in [1.54, 1.807) is 24.3 Å². The predicted molar refractivity (Wildman–Crippen MR) is 145 cm³/mol. The van der Waals surface area contributed by atoms with Crippen molar-refractivity contribution >= 4 is 39.0 Å². The molecule has 0 spiro atoms. The van der Waals surface area contributed by atoms with Crippen LogP contribution in [-0.2, 0) is 14.8 Å². The molecule has 40 heavy (non-hydrogen) atoms. The van der Waals surface area contributed by atoms with E-state index in [4.69, 9.17) is 9.90 Å². The van der Waals surface area contributed by atoms with Crippen LogP contribution in [0.15, 0.2) is 71.6 Å². The van der Waals surface area contributed by atoms with Crippen LogP contribution in [0.1, 0.15) is 21.5 Å². The first-order valence-corrected chi connectivity index (χ1v) is 13.5. The summed E-state index contributed by atoms with van der Waals surface area (Å²) in [6, 6.07) is 19.8. The van der Waals surface area contributed by atoms with Crippen LogP contribution in [-0.4, -0.2) is 62.9 Å². The number of rotatable bonds is 6. The first kappa shape index (κ1) is 30.3. The molecule has 0 aliphatic carbocycles. The average molecular weight is 580 g/mol. The van der Waals surface area contributed by atoms with Crippen molar-refractivity contribution in [3.8, 4) is 0 Å². The Morgan fingerprint density at radius 1 is 0.800 bits per heavy atom. The first-order chi connectivity index (χ1) is 18.7. The molecule has 0 aromatic heterocycles. The first-order valence-electron chi connectivity index (χ1n) is 12.0. The molecule has 1 heterocycles. The van der Waals surface area contributed by atoms with Gasteiger partial charge in [-0.3, -0.25) is 4.72 Å². The smallest absolute Gasteiger partial charge is 0.478 e. The van der Waals surface area contributed by atoms with Gasteiger partial charge in [0.1, 0.15) is 0 Å². The number of carbonyl (C=O) groups is 2. The molecule has 0 radical (unpaired) electrons. The maximum atomic E-state index is 12.9.